The third kappa shape index (κ3) is 4.07. The maximum atomic E-state index is 5.28. The van der Waals surface area contributed by atoms with E-state index in [-0.39, 0.29) is 12.4 Å². The van der Waals surface area contributed by atoms with Crippen LogP contribution < -0.4 is 14.8 Å². The van der Waals surface area contributed by atoms with E-state index < -0.39 is 0 Å². The molecule has 4 heteroatoms. The zero-order valence-corrected chi connectivity index (χ0v) is 11.9. The zero-order chi connectivity index (χ0) is 12.8. The van der Waals surface area contributed by atoms with Crippen LogP contribution >= 0.6 is 12.4 Å². The number of halogens is 1. The van der Waals surface area contributed by atoms with E-state index in [0.717, 1.165) is 29.3 Å². The van der Waals surface area contributed by atoms with Crippen molar-refractivity contribution in [1.82, 2.24) is 0 Å². The van der Waals surface area contributed by atoms with Crippen molar-refractivity contribution in [3.8, 4) is 11.5 Å². The first kappa shape index (κ1) is 15.2. The Morgan fingerprint density at radius 1 is 0.895 bits per heavy atom. The van der Waals surface area contributed by atoms with Crippen molar-refractivity contribution < 1.29 is 9.47 Å². The van der Waals surface area contributed by atoms with Gasteiger partial charge in [-0.05, 0) is 29.8 Å². The second kappa shape index (κ2) is 7.54. The molecule has 0 fully saturated rings. The Morgan fingerprint density at radius 2 is 1.58 bits per heavy atom. The number of anilines is 1. The van der Waals surface area contributed by atoms with Gasteiger partial charge in [-0.2, -0.15) is 0 Å². The highest BCUT2D eigenvalue weighted by molar-refractivity contribution is 5.85. The molecule has 19 heavy (non-hydrogen) atoms. The van der Waals surface area contributed by atoms with E-state index in [4.69, 9.17) is 9.47 Å². The van der Waals surface area contributed by atoms with Crippen LogP contribution in [-0.4, -0.2) is 14.2 Å². The van der Waals surface area contributed by atoms with Gasteiger partial charge in [-0.3, -0.25) is 0 Å². The summed E-state index contributed by atoms with van der Waals surface area (Å²) < 4.78 is 10.5. The first-order valence-corrected chi connectivity index (χ1v) is 5.83. The summed E-state index contributed by atoms with van der Waals surface area (Å²) in [5, 5.41) is 3.35. The minimum Gasteiger partial charge on any atom is -0.493 e. The normalized spacial score (nSPS) is 9.37. The Bertz CT molecular complexity index is 503. The third-order valence-corrected chi connectivity index (χ3v) is 2.72. The Balaban J connectivity index is 0.00000180. The molecule has 102 valence electrons. The molecule has 1 N–H and O–H groups in total. The average Bonchev–Trinajstić information content (AvgIpc) is 2.45. The second-order valence-electron chi connectivity index (χ2n) is 3.91. The van der Waals surface area contributed by atoms with E-state index in [0.29, 0.717) is 0 Å². The SMILES string of the molecule is COc1ccc(CNc2ccccc2)cc1OC.Cl. The zero-order valence-electron chi connectivity index (χ0n) is 11.1. The molecule has 0 aromatic heterocycles. The van der Waals surface area contributed by atoms with E-state index in [9.17, 15) is 0 Å². The molecular weight excluding hydrogens is 262 g/mol. The van der Waals surface area contributed by atoms with Gasteiger partial charge >= 0.3 is 0 Å². The summed E-state index contributed by atoms with van der Waals surface area (Å²) in [5.74, 6) is 1.51. The summed E-state index contributed by atoms with van der Waals surface area (Å²) in [7, 11) is 3.28. The molecule has 0 aliphatic carbocycles. The van der Waals surface area contributed by atoms with Crippen LogP contribution in [0.5, 0.6) is 11.5 Å². The van der Waals surface area contributed by atoms with E-state index in [1.54, 1.807) is 14.2 Å². The lowest BCUT2D eigenvalue weighted by molar-refractivity contribution is 0.354. The molecule has 0 aliphatic rings. The molecule has 2 rings (SSSR count). The summed E-state index contributed by atoms with van der Waals surface area (Å²) in [6.45, 7) is 0.754. The number of methoxy groups -OCH3 is 2. The predicted molar refractivity (Wildman–Crippen MR) is 80.6 cm³/mol. The molecule has 0 saturated carbocycles. The summed E-state index contributed by atoms with van der Waals surface area (Å²) in [5.41, 5.74) is 2.25. The molecule has 2 aromatic rings. The fraction of sp³-hybridized carbons (Fsp3) is 0.200. The Kier molecular flexibility index (Phi) is 6.03. The van der Waals surface area contributed by atoms with E-state index in [2.05, 4.69) is 5.32 Å². The third-order valence-electron chi connectivity index (χ3n) is 2.72. The Morgan fingerprint density at radius 3 is 2.21 bits per heavy atom. The molecule has 0 spiro atoms. The minimum atomic E-state index is 0. The Hall–Kier alpha value is -1.87. The van der Waals surface area contributed by atoms with Gasteiger partial charge in [0.25, 0.3) is 0 Å². The fourth-order valence-electron chi connectivity index (χ4n) is 1.75. The van der Waals surface area contributed by atoms with Crippen LogP contribution in [0.4, 0.5) is 5.69 Å². The van der Waals surface area contributed by atoms with Crippen molar-refractivity contribution in [3.63, 3.8) is 0 Å². The summed E-state index contributed by atoms with van der Waals surface area (Å²) >= 11 is 0. The predicted octanol–water partition coefficient (Wildman–Crippen LogP) is 3.74. The van der Waals surface area contributed by atoms with Gasteiger partial charge in [0.05, 0.1) is 14.2 Å². The first-order chi connectivity index (χ1) is 8.83. The van der Waals surface area contributed by atoms with Crippen LogP contribution in [0.1, 0.15) is 5.56 Å². The van der Waals surface area contributed by atoms with Gasteiger partial charge in [0.2, 0.25) is 0 Å². The van der Waals surface area contributed by atoms with Crippen LogP contribution in [0.25, 0.3) is 0 Å². The van der Waals surface area contributed by atoms with Crippen LogP contribution in [-0.2, 0) is 6.54 Å². The molecule has 2 aromatic carbocycles. The molecule has 0 heterocycles. The monoisotopic (exact) mass is 279 g/mol. The number of benzene rings is 2. The van der Waals surface area contributed by atoms with Crippen LogP contribution in [0, 0.1) is 0 Å². The highest BCUT2D eigenvalue weighted by atomic mass is 35.5. The number of hydrogen-bond acceptors (Lipinski definition) is 3. The van der Waals surface area contributed by atoms with Gasteiger partial charge in [0.1, 0.15) is 0 Å². The van der Waals surface area contributed by atoms with Gasteiger partial charge in [-0.25, -0.2) is 0 Å². The van der Waals surface area contributed by atoms with Crippen molar-refractivity contribution >= 4 is 18.1 Å². The fourth-order valence-corrected chi connectivity index (χ4v) is 1.75. The molecule has 0 bridgehead atoms. The largest absolute Gasteiger partial charge is 0.493 e. The Labute approximate surface area is 120 Å². The van der Waals surface area contributed by atoms with Crippen molar-refractivity contribution in [2.75, 3.05) is 19.5 Å². The van der Waals surface area contributed by atoms with Crippen molar-refractivity contribution in [1.29, 1.82) is 0 Å². The lowest BCUT2D eigenvalue weighted by Gasteiger charge is -2.10. The average molecular weight is 280 g/mol. The molecule has 0 radical (unpaired) electrons. The van der Waals surface area contributed by atoms with Crippen molar-refractivity contribution in [2.24, 2.45) is 0 Å². The van der Waals surface area contributed by atoms with Gasteiger partial charge in [-0.1, -0.05) is 24.3 Å². The second-order valence-corrected chi connectivity index (χ2v) is 3.91. The number of hydrogen-bond donors (Lipinski definition) is 1. The van der Waals surface area contributed by atoms with Crippen LogP contribution in [0.3, 0.4) is 0 Å². The smallest absolute Gasteiger partial charge is 0.161 e. The van der Waals surface area contributed by atoms with E-state index in [1.165, 1.54) is 0 Å². The number of para-hydroxylation sites is 1. The van der Waals surface area contributed by atoms with Gasteiger partial charge < -0.3 is 14.8 Å². The molecule has 0 unspecified atom stereocenters. The molecule has 0 atom stereocenters. The van der Waals surface area contributed by atoms with Gasteiger partial charge in [0.15, 0.2) is 11.5 Å². The van der Waals surface area contributed by atoms with E-state index >= 15 is 0 Å². The van der Waals surface area contributed by atoms with Crippen molar-refractivity contribution in [2.45, 2.75) is 6.54 Å². The molecule has 3 nitrogen and oxygen atoms in total. The standard InChI is InChI=1S/C15H17NO2.ClH/c1-17-14-9-8-12(10-15(14)18-2)11-16-13-6-4-3-5-7-13;/h3-10,16H,11H2,1-2H3;1H. The van der Waals surface area contributed by atoms with Gasteiger partial charge in [0, 0.05) is 12.2 Å². The number of ether oxygens (including phenoxy) is 2. The lowest BCUT2D eigenvalue weighted by Crippen LogP contribution is -2.00. The van der Waals surface area contributed by atoms with Gasteiger partial charge in [-0.15, -0.1) is 12.4 Å². The summed E-state index contributed by atoms with van der Waals surface area (Å²) in [4.78, 5) is 0. The lowest BCUT2D eigenvalue weighted by atomic mass is 10.2. The molecule has 0 saturated heterocycles. The summed E-state index contributed by atoms with van der Waals surface area (Å²) in [6.07, 6.45) is 0. The molecule has 0 aliphatic heterocycles. The first-order valence-electron chi connectivity index (χ1n) is 5.83. The van der Waals surface area contributed by atoms with E-state index in [1.807, 2.05) is 48.5 Å². The maximum absolute atomic E-state index is 5.28. The maximum Gasteiger partial charge on any atom is 0.161 e. The summed E-state index contributed by atoms with van der Waals surface area (Å²) in [6, 6.07) is 16.0. The molecule has 0 amide bonds. The highest BCUT2D eigenvalue weighted by Gasteiger charge is 2.04. The molecular formula is C15H18ClNO2. The van der Waals surface area contributed by atoms with Crippen LogP contribution in [0.2, 0.25) is 0 Å². The van der Waals surface area contributed by atoms with Crippen molar-refractivity contribution in [3.05, 3.63) is 54.1 Å². The number of nitrogens with one attached hydrogen (secondary N) is 1. The number of rotatable bonds is 5. The highest BCUT2D eigenvalue weighted by Crippen LogP contribution is 2.27. The topological polar surface area (TPSA) is 30.5 Å². The quantitative estimate of drug-likeness (QED) is 0.904. The minimum absolute atomic E-state index is 0. The van der Waals surface area contributed by atoms with Crippen LogP contribution in [0.15, 0.2) is 48.5 Å².